The highest BCUT2D eigenvalue weighted by Crippen LogP contribution is 2.38. The number of hydrogen-bond donors (Lipinski definition) is 0. The molecule has 0 amide bonds. The van der Waals surface area contributed by atoms with Gasteiger partial charge in [0.05, 0.1) is 22.2 Å². The van der Waals surface area contributed by atoms with E-state index in [4.69, 9.17) is 14.4 Å². The maximum atomic E-state index is 6.11. The van der Waals surface area contributed by atoms with Crippen molar-refractivity contribution < 1.29 is 4.42 Å². The molecule has 0 fully saturated rings. The van der Waals surface area contributed by atoms with Crippen LogP contribution in [0.25, 0.3) is 82.6 Å². The van der Waals surface area contributed by atoms with Gasteiger partial charge in [-0.3, -0.25) is 4.57 Å². The highest BCUT2D eigenvalue weighted by Gasteiger charge is 2.19. The van der Waals surface area contributed by atoms with Crippen LogP contribution in [-0.2, 0) is 0 Å². The van der Waals surface area contributed by atoms with Crippen molar-refractivity contribution >= 4 is 65.4 Å². The van der Waals surface area contributed by atoms with E-state index < -0.39 is 0 Å². The fraction of sp³-hybridized carbons (Fsp3) is 0. The molecular weight excluding hydrogens is 490 g/mol. The van der Waals surface area contributed by atoms with Crippen molar-refractivity contribution in [3.8, 4) is 17.2 Å². The molecule has 6 aromatic carbocycles. The summed E-state index contributed by atoms with van der Waals surface area (Å²) in [5, 5.41) is 8.07. The second-order valence-corrected chi connectivity index (χ2v) is 10.2. The fourth-order valence-electron chi connectivity index (χ4n) is 6.21. The predicted molar refractivity (Wildman–Crippen MR) is 164 cm³/mol. The van der Waals surface area contributed by atoms with Crippen molar-refractivity contribution in [1.29, 1.82) is 0 Å². The van der Waals surface area contributed by atoms with Crippen LogP contribution >= 0.6 is 0 Å². The quantitative estimate of drug-likeness (QED) is 0.232. The van der Waals surface area contributed by atoms with E-state index in [0.29, 0.717) is 5.95 Å². The maximum Gasteiger partial charge on any atom is 0.235 e. The van der Waals surface area contributed by atoms with Gasteiger partial charge in [-0.2, -0.15) is 0 Å². The molecule has 0 radical (unpaired) electrons. The molecule has 0 bridgehead atoms. The zero-order chi connectivity index (χ0) is 26.2. The topological polar surface area (TPSA) is 43.9 Å². The first-order chi connectivity index (χ1) is 19.8. The minimum absolute atomic E-state index is 0.660. The van der Waals surface area contributed by atoms with Gasteiger partial charge in [0.1, 0.15) is 11.2 Å². The van der Waals surface area contributed by atoms with Crippen molar-refractivity contribution in [3.05, 3.63) is 127 Å². The summed E-state index contributed by atoms with van der Waals surface area (Å²) < 4.78 is 8.32. The predicted octanol–water partition coefficient (Wildman–Crippen LogP) is 9.45. The van der Waals surface area contributed by atoms with Crippen LogP contribution in [0.2, 0.25) is 0 Å². The second kappa shape index (κ2) is 8.01. The molecule has 0 saturated carbocycles. The van der Waals surface area contributed by atoms with Crippen LogP contribution in [0.4, 0.5) is 0 Å². The van der Waals surface area contributed by atoms with Gasteiger partial charge in [0.25, 0.3) is 0 Å². The normalized spacial score (nSPS) is 12.0. The van der Waals surface area contributed by atoms with Gasteiger partial charge in [0, 0.05) is 32.5 Å². The van der Waals surface area contributed by atoms with Gasteiger partial charge < -0.3 is 4.42 Å². The van der Waals surface area contributed by atoms with Gasteiger partial charge in [-0.1, -0.05) is 84.9 Å². The van der Waals surface area contributed by atoms with E-state index in [1.807, 2.05) is 36.4 Å². The average Bonchev–Trinajstić information content (AvgIpc) is 3.56. The molecule has 0 spiro atoms. The van der Waals surface area contributed by atoms with E-state index in [9.17, 15) is 0 Å². The summed E-state index contributed by atoms with van der Waals surface area (Å²) in [7, 11) is 0. The lowest BCUT2D eigenvalue weighted by Gasteiger charge is -2.12. The molecule has 0 aliphatic heterocycles. The van der Waals surface area contributed by atoms with E-state index in [2.05, 4.69) is 95.6 Å². The third-order valence-electron chi connectivity index (χ3n) is 8.00. The van der Waals surface area contributed by atoms with Gasteiger partial charge >= 0.3 is 0 Å². The molecule has 0 saturated heterocycles. The summed E-state index contributed by atoms with van der Waals surface area (Å²) >= 11 is 0. The lowest BCUT2D eigenvalue weighted by Crippen LogP contribution is -2.03. The Labute approximate surface area is 228 Å². The van der Waals surface area contributed by atoms with Crippen LogP contribution in [-0.4, -0.2) is 14.5 Å². The number of hydrogen-bond acceptors (Lipinski definition) is 3. The zero-order valence-electron chi connectivity index (χ0n) is 21.4. The second-order valence-electron chi connectivity index (χ2n) is 10.2. The molecule has 3 heterocycles. The molecule has 9 aromatic rings. The third-order valence-corrected chi connectivity index (χ3v) is 8.00. The number of rotatable bonds is 2. The Bertz CT molecular complexity index is 2450. The standard InChI is InChI=1S/C36H21N3O/c1-2-10-24-22(9-1)17-19-31-34(24)27-13-4-7-15-30(27)39(31)36-37-29-14-6-3-12-26(29)35(38-36)23-18-20-33-28(21-23)25-11-5-8-16-32(25)40-33/h1-21H. The fourth-order valence-corrected chi connectivity index (χ4v) is 6.21. The molecule has 186 valence electrons. The van der Waals surface area contributed by atoms with Crippen LogP contribution in [0.1, 0.15) is 0 Å². The molecule has 0 atom stereocenters. The minimum Gasteiger partial charge on any atom is -0.456 e. The number of fused-ring (bicyclic) bond motifs is 9. The minimum atomic E-state index is 0.660. The molecule has 3 aromatic heterocycles. The average molecular weight is 512 g/mol. The number of aromatic nitrogens is 3. The van der Waals surface area contributed by atoms with E-state index in [1.54, 1.807) is 0 Å². The summed E-state index contributed by atoms with van der Waals surface area (Å²) in [5.41, 5.74) is 6.79. The van der Waals surface area contributed by atoms with Crippen molar-refractivity contribution in [2.24, 2.45) is 0 Å². The molecule has 0 aliphatic carbocycles. The number of nitrogens with zero attached hydrogens (tertiary/aromatic N) is 3. The van der Waals surface area contributed by atoms with Crippen molar-refractivity contribution in [2.45, 2.75) is 0 Å². The van der Waals surface area contributed by atoms with E-state index in [-0.39, 0.29) is 0 Å². The Morgan fingerprint density at radius 2 is 1.23 bits per heavy atom. The summed E-state index contributed by atoms with van der Waals surface area (Å²) in [5.74, 6) is 0.660. The van der Waals surface area contributed by atoms with E-state index >= 15 is 0 Å². The summed E-state index contributed by atoms with van der Waals surface area (Å²) in [6.45, 7) is 0. The van der Waals surface area contributed by atoms with Crippen LogP contribution in [0.5, 0.6) is 0 Å². The van der Waals surface area contributed by atoms with Crippen molar-refractivity contribution in [1.82, 2.24) is 14.5 Å². The summed E-state index contributed by atoms with van der Waals surface area (Å²) in [4.78, 5) is 10.4. The molecular formula is C36H21N3O. The number of furan rings is 1. The molecule has 40 heavy (non-hydrogen) atoms. The van der Waals surface area contributed by atoms with Crippen LogP contribution in [0.3, 0.4) is 0 Å². The molecule has 0 aliphatic rings. The van der Waals surface area contributed by atoms with E-state index in [0.717, 1.165) is 55.1 Å². The van der Waals surface area contributed by atoms with Gasteiger partial charge in [-0.15, -0.1) is 0 Å². The smallest absolute Gasteiger partial charge is 0.235 e. The Balaban J connectivity index is 1.38. The van der Waals surface area contributed by atoms with Crippen molar-refractivity contribution in [3.63, 3.8) is 0 Å². The summed E-state index contributed by atoms with van der Waals surface area (Å²) in [6.07, 6.45) is 0. The lowest BCUT2D eigenvalue weighted by molar-refractivity contribution is 0.669. The van der Waals surface area contributed by atoms with Crippen LogP contribution < -0.4 is 0 Å². The molecule has 0 N–H and O–H groups in total. The Hall–Kier alpha value is -5.48. The number of benzene rings is 6. The molecule has 4 heteroatoms. The SMILES string of the molecule is c1ccc2c(c1)ccc1c2c2ccccc2n1-c1nc(-c2ccc3oc4ccccc4c3c2)c2ccccc2n1. The molecule has 9 rings (SSSR count). The lowest BCUT2D eigenvalue weighted by atomic mass is 10.0. The highest BCUT2D eigenvalue weighted by atomic mass is 16.3. The Morgan fingerprint density at radius 3 is 2.15 bits per heavy atom. The zero-order valence-corrected chi connectivity index (χ0v) is 21.4. The number of para-hydroxylation sites is 3. The first kappa shape index (κ1) is 21.5. The van der Waals surface area contributed by atoms with Gasteiger partial charge in [0.2, 0.25) is 5.95 Å². The molecule has 4 nitrogen and oxygen atoms in total. The Kier molecular flexibility index (Phi) is 4.30. The van der Waals surface area contributed by atoms with Crippen LogP contribution in [0, 0.1) is 0 Å². The van der Waals surface area contributed by atoms with Crippen molar-refractivity contribution in [2.75, 3.05) is 0 Å². The van der Waals surface area contributed by atoms with Gasteiger partial charge in [0.15, 0.2) is 0 Å². The first-order valence-corrected chi connectivity index (χ1v) is 13.4. The van der Waals surface area contributed by atoms with Gasteiger partial charge in [-0.25, -0.2) is 9.97 Å². The largest absolute Gasteiger partial charge is 0.456 e. The van der Waals surface area contributed by atoms with Gasteiger partial charge in [-0.05, 0) is 53.2 Å². The Morgan fingerprint density at radius 1 is 0.500 bits per heavy atom. The monoisotopic (exact) mass is 511 g/mol. The molecule has 0 unspecified atom stereocenters. The highest BCUT2D eigenvalue weighted by molar-refractivity contribution is 6.21. The maximum absolute atomic E-state index is 6.11. The first-order valence-electron chi connectivity index (χ1n) is 13.4. The van der Waals surface area contributed by atoms with E-state index in [1.165, 1.54) is 21.5 Å². The van der Waals surface area contributed by atoms with Crippen LogP contribution in [0.15, 0.2) is 132 Å². The third kappa shape index (κ3) is 2.96. The summed E-state index contributed by atoms with van der Waals surface area (Å²) in [6, 6.07) is 44.3.